The molecule has 3 heterocycles. The van der Waals surface area contributed by atoms with Crippen molar-refractivity contribution < 1.29 is 31.5 Å². The van der Waals surface area contributed by atoms with Crippen molar-refractivity contribution in [1.29, 1.82) is 0 Å². The number of carbonyl (C=O) groups is 2. The van der Waals surface area contributed by atoms with Gasteiger partial charge in [0.15, 0.2) is 0 Å². The average Bonchev–Trinajstić information content (AvgIpc) is 3.49. The number of benzene rings is 2. The van der Waals surface area contributed by atoms with Gasteiger partial charge in [0.1, 0.15) is 40.0 Å². The zero-order valence-corrected chi connectivity index (χ0v) is 24.8. The van der Waals surface area contributed by atoms with E-state index in [1.165, 1.54) is 33.4 Å². The summed E-state index contributed by atoms with van der Waals surface area (Å²) in [4.78, 5) is 34.4. The number of halogens is 7. The van der Waals surface area contributed by atoms with Crippen molar-refractivity contribution >= 4 is 57.3 Å². The SMILES string of the molecule is CCc1nc2c(-c3c(C(F)(F)F)cc4c(nc(C)n4C)c3Cl)cccn2c1C(=O)c1cc(F)c(NC(=O)/C=C/CCl)c(F)c1. The smallest absolute Gasteiger partial charge is 0.331 e. The van der Waals surface area contributed by atoms with Gasteiger partial charge in [-0.1, -0.05) is 24.6 Å². The van der Waals surface area contributed by atoms with Crippen LogP contribution in [-0.2, 0) is 24.4 Å². The zero-order valence-electron chi connectivity index (χ0n) is 23.3. The van der Waals surface area contributed by atoms with E-state index in [-0.39, 0.29) is 56.5 Å². The quantitative estimate of drug-likeness (QED) is 0.0849. The normalized spacial score (nSPS) is 12.1. The van der Waals surface area contributed by atoms with Gasteiger partial charge in [-0.3, -0.25) is 14.0 Å². The van der Waals surface area contributed by atoms with Crippen molar-refractivity contribution in [2.24, 2.45) is 7.05 Å². The van der Waals surface area contributed by atoms with Crippen LogP contribution in [0.4, 0.5) is 27.6 Å². The van der Waals surface area contributed by atoms with Gasteiger partial charge in [0.25, 0.3) is 0 Å². The van der Waals surface area contributed by atoms with E-state index in [1.807, 2.05) is 0 Å². The van der Waals surface area contributed by atoms with Crippen LogP contribution >= 0.6 is 23.2 Å². The molecular formula is C30H22Cl2F5N5O2. The monoisotopic (exact) mass is 649 g/mol. The lowest BCUT2D eigenvalue weighted by Gasteiger charge is -2.16. The molecule has 0 saturated heterocycles. The number of ketones is 1. The minimum absolute atomic E-state index is 0.00769. The number of hydrogen-bond acceptors (Lipinski definition) is 4. The third-order valence-corrected chi connectivity index (χ3v) is 7.64. The summed E-state index contributed by atoms with van der Waals surface area (Å²) in [6.07, 6.45) is -0.975. The molecule has 44 heavy (non-hydrogen) atoms. The second kappa shape index (κ2) is 11.7. The van der Waals surface area contributed by atoms with E-state index in [1.54, 1.807) is 20.9 Å². The summed E-state index contributed by atoms with van der Waals surface area (Å²) in [6.45, 7) is 3.30. The number of fused-ring (bicyclic) bond motifs is 2. The number of alkyl halides is 4. The van der Waals surface area contributed by atoms with Crippen molar-refractivity contribution in [2.45, 2.75) is 26.4 Å². The molecule has 0 aliphatic rings. The van der Waals surface area contributed by atoms with Gasteiger partial charge in [-0.2, -0.15) is 13.2 Å². The number of amides is 1. The molecule has 0 aliphatic heterocycles. The Morgan fingerprint density at radius 1 is 1.11 bits per heavy atom. The van der Waals surface area contributed by atoms with Gasteiger partial charge in [-0.25, -0.2) is 18.7 Å². The predicted molar refractivity (Wildman–Crippen MR) is 157 cm³/mol. The molecule has 0 radical (unpaired) electrons. The summed E-state index contributed by atoms with van der Waals surface area (Å²) < 4.78 is 76.0. The molecule has 2 aromatic carbocycles. The average molecular weight is 650 g/mol. The van der Waals surface area contributed by atoms with Crippen molar-refractivity contribution in [2.75, 3.05) is 11.2 Å². The second-order valence-electron chi connectivity index (χ2n) is 9.76. The van der Waals surface area contributed by atoms with Gasteiger partial charge in [0.2, 0.25) is 11.7 Å². The Hall–Kier alpha value is -4.29. The van der Waals surface area contributed by atoms with E-state index < -0.39 is 46.3 Å². The third kappa shape index (κ3) is 5.32. The van der Waals surface area contributed by atoms with Gasteiger partial charge in [0.05, 0.1) is 21.8 Å². The Morgan fingerprint density at radius 3 is 2.41 bits per heavy atom. The highest BCUT2D eigenvalue weighted by atomic mass is 35.5. The molecule has 14 heteroatoms. The molecule has 5 aromatic rings. The standard InChI is InChI=1S/C30H22Cl2F5N5O2/c1-4-20-27(28(44)15-11-18(33)25(19(34)12-15)40-22(43)8-5-9-31)42-10-6-7-16(29(42)39-20)23-17(30(35,36)37)13-21-26(24(23)32)38-14(2)41(21)3/h5-8,10-13H,4,9H2,1-3H3,(H,40,43)/b8-5+. The van der Waals surface area contributed by atoms with Crippen molar-refractivity contribution in [3.63, 3.8) is 0 Å². The molecule has 0 bridgehead atoms. The molecule has 5 rings (SSSR count). The van der Waals surface area contributed by atoms with E-state index in [0.29, 0.717) is 5.82 Å². The molecule has 0 spiro atoms. The van der Waals surface area contributed by atoms with Crippen LogP contribution in [0.15, 0.2) is 48.7 Å². The van der Waals surface area contributed by atoms with E-state index >= 15 is 0 Å². The van der Waals surface area contributed by atoms with Crippen LogP contribution in [0, 0.1) is 18.6 Å². The number of nitrogens with one attached hydrogen (secondary N) is 1. The fourth-order valence-electron chi connectivity index (χ4n) is 4.96. The Labute approximate surface area is 256 Å². The van der Waals surface area contributed by atoms with Gasteiger partial charge in [-0.15, -0.1) is 11.6 Å². The summed E-state index contributed by atoms with van der Waals surface area (Å²) in [5.41, 5.74) is -2.21. The number of aromatic nitrogens is 4. The molecule has 1 amide bonds. The van der Waals surface area contributed by atoms with E-state index in [9.17, 15) is 31.5 Å². The lowest BCUT2D eigenvalue weighted by atomic mass is 9.98. The summed E-state index contributed by atoms with van der Waals surface area (Å²) >= 11 is 12.1. The largest absolute Gasteiger partial charge is 0.417 e. The molecule has 7 nitrogen and oxygen atoms in total. The molecule has 3 aromatic heterocycles. The van der Waals surface area contributed by atoms with Crippen LogP contribution in [0.3, 0.4) is 0 Å². The summed E-state index contributed by atoms with van der Waals surface area (Å²) in [6, 6.07) is 5.28. The number of aryl methyl sites for hydroxylation is 3. The first kappa shape index (κ1) is 31.1. The second-order valence-corrected chi connectivity index (χ2v) is 10.4. The first-order valence-corrected chi connectivity index (χ1v) is 14.0. The van der Waals surface area contributed by atoms with Crippen molar-refractivity contribution in [3.05, 3.63) is 93.7 Å². The van der Waals surface area contributed by atoms with Crippen LogP contribution in [0.1, 0.15) is 40.1 Å². The lowest BCUT2D eigenvalue weighted by Crippen LogP contribution is -2.14. The highest BCUT2D eigenvalue weighted by Gasteiger charge is 2.37. The Kier molecular flexibility index (Phi) is 8.25. The van der Waals surface area contributed by atoms with E-state index in [0.717, 1.165) is 24.3 Å². The zero-order chi connectivity index (χ0) is 32.1. The maximum atomic E-state index is 14.9. The van der Waals surface area contributed by atoms with Crippen molar-refractivity contribution in [3.8, 4) is 11.1 Å². The maximum Gasteiger partial charge on any atom is 0.417 e. The van der Waals surface area contributed by atoms with Crippen LogP contribution in [0.2, 0.25) is 5.02 Å². The number of carbonyl (C=O) groups excluding carboxylic acids is 2. The van der Waals surface area contributed by atoms with Gasteiger partial charge >= 0.3 is 6.18 Å². The van der Waals surface area contributed by atoms with Crippen LogP contribution < -0.4 is 5.32 Å². The molecular weight excluding hydrogens is 628 g/mol. The number of imidazole rings is 2. The number of hydrogen-bond donors (Lipinski definition) is 1. The Balaban J connectivity index is 1.69. The molecule has 1 N–H and O–H groups in total. The highest BCUT2D eigenvalue weighted by molar-refractivity contribution is 6.38. The summed E-state index contributed by atoms with van der Waals surface area (Å²) in [7, 11) is 1.58. The number of rotatable bonds is 7. The molecule has 0 fully saturated rings. The number of pyridine rings is 1. The number of allylic oxidation sites excluding steroid dienone is 1. The topological polar surface area (TPSA) is 81.3 Å². The summed E-state index contributed by atoms with van der Waals surface area (Å²) in [5, 5.41) is 1.81. The Bertz CT molecular complexity index is 1990. The fraction of sp³-hybridized carbons (Fsp3) is 0.200. The molecule has 0 aliphatic carbocycles. The lowest BCUT2D eigenvalue weighted by molar-refractivity contribution is -0.137. The predicted octanol–water partition coefficient (Wildman–Crippen LogP) is 7.67. The minimum Gasteiger partial charge on any atom is -0.331 e. The molecule has 228 valence electrons. The molecule has 0 unspecified atom stereocenters. The van der Waals surface area contributed by atoms with Crippen LogP contribution in [0.5, 0.6) is 0 Å². The highest BCUT2D eigenvalue weighted by Crippen LogP contribution is 2.45. The maximum absolute atomic E-state index is 14.9. The minimum atomic E-state index is -4.82. The molecule has 0 saturated carbocycles. The van der Waals surface area contributed by atoms with E-state index in [2.05, 4.69) is 15.3 Å². The first-order valence-electron chi connectivity index (χ1n) is 13.1. The van der Waals surface area contributed by atoms with E-state index in [4.69, 9.17) is 23.2 Å². The van der Waals surface area contributed by atoms with Crippen molar-refractivity contribution in [1.82, 2.24) is 18.9 Å². The number of anilines is 1. The van der Waals surface area contributed by atoms with Crippen LogP contribution in [-0.4, -0.2) is 36.5 Å². The first-order chi connectivity index (χ1) is 20.8. The molecule has 0 atom stereocenters. The third-order valence-electron chi connectivity index (χ3n) is 7.10. The number of nitrogens with zero attached hydrogens (tertiary/aromatic N) is 4. The Morgan fingerprint density at radius 2 is 1.80 bits per heavy atom. The fourth-order valence-corrected chi connectivity index (χ4v) is 5.39. The summed E-state index contributed by atoms with van der Waals surface area (Å²) in [5.74, 6) is -3.65. The van der Waals surface area contributed by atoms with Gasteiger partial charge < -0.3 is 9.88 Å². The van der Waals surface area contributed by atoms with Gasteiger partial charge in [-0.05, 0) is 43.7 Å². The van der Waals surface area contributed by atoms with Gasteiger partial charge in [0, 0.05) is 41.9 Å². The van der Waals surface area contributed by atoms with Crippen LogP contribution in [0.25, 0.3) is 27.8 Å².